The van der Waals surface area contributed by atoms with Gasteiger partial charge in [0.1, 0.15) is 12.4 Å². The lowest BCUT2D eigenvalue weighted by Gasteiger charge is -2.35. The molecule has 0 aromatic heterocycles. The maximum absolute atomic E-state index is 12.2. The summed E-state index contributed by atoms with van der Waals surface area (Å²) in [6.07, 6.45) is 0.478. The van der Waals surface area contributed by atoms with Gasteiger partial charge in [0.15, 0.2) is 6.04 Å². The highest BCUT2D eigenvalue weighted by Crippen LogP contribution is 2.46. The number of benzene rings is 1. The van der Waals surface area contributed by atoms with Crippen LogP contribution in [0.2, 0.25) is 0 Å². The van der Waals surface area contributed by atoms with Crippen LogP contribution < -0.4 is 4.74 Å². The van der Waals surface area contributed by atoms with Gasteiger partial charge < -0.3 is 14.4 Å². The summed E-state index contributed by atoms with van der Waals surface area (Å²) in [6, 6.07) is 6.65. The van der Waals surface area contributed by atoms with E-state index in [0.29, 0.717) is 11.3 Å². The van der Waals surface area contributed by atoms with Crippen LogP contribution in [0.25, 0.3) is 0 Å². The Morgan fingerprint density at radius 3 is 2.76 bits per heavy atom. The maximum Gasteiger partial charge on any atom is 0.334 e. The number of nitrogens with zero attached hydrogens (tertiary/aromatic N) is 1. The van der Waals surface area contributed by atoms with Crippen molar-refractivity contribution in [1.82, 2.24) is 4.90 Å². The predicted molar refractivity (Wildman–Crippen MR) is 78.6 cm³/mol. The van der Waals surface area contributed by atoms with E-state index in [1.807, 2.05) is 24.3 Å². The summed E-state index contributed by atoms with van der Waals surface area (Å²) in [5.41, 5.74) is 0.867. The topological polar surface area (TPSA) is 55.8 Å². The number of amides is 1. The van der Waals surface area contributed by atoms with E-state index in [1.54, 1.807) is 12.0 Å². The lowest BCUT2D eigenvalue weighted by atomic mass is 10.1. The van der Waals surface area contributed by atoms with Gasteiger partial charge in [-0.05, 0) is 17.7 Å². The van der Waals surface area contributed by atoms with Gasteiger partial charge in [0, 0.05) is 4.91 Å². The number of β-lactam (4-membered cyclic amide) rings is 1. The van der Waals surface area contributed by atoms with Gasteiger partial charge in [-0.1, -0.05) is 18.7 Å². The molecule has 1 aromatic carbocycles. The van der Waals surface area contributed by atoms with Crippen LogP contribution in [0.3, 0.4) is 0 Å². The number of carbonyl (C=O) groups excluding carboxylic acids is 2. The Morgan fingerprint density at radius 1 is 1.43 bits per heavy atom. The molecule has 6 heteroatoms. The Hall–Kier alpha value is -1.95. The van der Waals surface area contributed by atoms with E-state index in [-0.39, 0.29) is 17.9 Å². The Morgan fingerprint density at radius 2 is 2.14 bits per heavy atom. The molecule has 21 heavy (non-hydrogen) atoms. The smallest absolute Gasteiger partial charge is 0.334 e. The fraction of sp³-hybridized carbons (Fsp3) is 0.333. The molecule has 0 saturated carbocycles. The molecule has 0 N–H and O–H groups in total. The van der Waals surface area contributed by atoms with E-state index in [2.05, 4.69) is 6.58 Å². The molecule has 2 saturated heterocycles. The van der Waals surface area contributed by atoms with Crippen molar-refractivity contribution in [2.75, 3.05) is 7.11 Å². The highest BCUT2D eigenvalue weighted by molar-refractivity contribution is 8.04. The number of methoxy groups -OCH3 is 1. The van der Waals surface area contributed by atoms with E-state index >= 15 is 0 Å². The average molecular weight is 305 g/mol. The maximum atomic E-state index is 12.2. The zero-order chi connectivity index (χ0) is 15.0. The first-order chi connectivity index (χ1) is 10.1. The molecule has 0 unspecified atom stereocenters. The zero-order valence-corrected chi connectivity index (χ0v) is 12.4. The van der Waals surface area contributed by atoms with Crippen LogP contribution >= 0.6 is 11.8 Å². The fourth-order valence-corrected chi connectivity index (χ4v) is 3.67. The third-order valence-corrected chi connectivity index (χ3v) is 4.77. The minimum Gasteiger partial charge on any atom is -0.497 e. The molecule has 5 nitrogen and oxygen atoms in total. The summed E-state index contributed by atoms with van der Waals surface area (Å²) in [5, 5.41) is 0.0588. The number of hydrogen-bond donors (Lipinski definition) is 0. The van der Waals surface area contributed by atoms with Crippen molar-refractivity contribution in [1.29, 1.82) is 0 Å². The fourth-order valence-electron chi connectivity index (χ4n) is 2.40. The average Bonchev–Trinajstić information content (AvgIpc) is 2.76. The number of esters is 1. The Balaban J connectivity index is 1.61. The standard InChI is InChI=1S/C15H15NO4S/c1-9-14(16-12(17)7-13(16)21-9)15(18)20-8-10-3-5-11(19-2)6-4-10/h3-6,13-14H,1,7-8H2,2H3/t13-,14-/m1/s1. The largest absolute Gasteiger partial charge is 0.497 e. The van der Waals surface area contributed by atoms with E-state index in [1.165, 1.54) is 11.8 Å². The minimum absolute atomic E-state index is 0.0162. The van der Waals surface area contributed by atoms with Crippen LogP contribution in [0.1, 0.15) is 12.0 Å². The van der Waals surface area contributed by atoms with Crippen molar-refractivity contribution in [3.8, 4) is 5.75 Å². The van der Waals surface area contributed by atoms with Crippen molar-refractivity contribution < 1.29 is 19.1 Å². The van der Waals surface area contributed by atoms with Crippen LogP contribution in [0.4, 0.5) is 0 Å². The Labute approximate surface area is 126 Å². The lowest BCUT2D eigenvalue weighted by molar-refractivity contribution is -0.159. The van der Waals surface area contributed by atoms with E-state index in [4.69, 9.17) is 9.47 Å². The Kier molecular flexibility index (Phi) is 3.63. The van der Waals surface area contributed by atoms with Gasteiger partial charge in [-0.3, -0.25) is 4.79 Å². The van der Waals surface area contributed by atoms with Gasteiger partial charge in [0.05, 0.1) is 18.9 Å². The second kappa shape index (κ2) is 5.44. The first kappa shape index (κ1) is 14.0. The van der Waals surface area contributed by atoms with Gasteiger partial charge in [0.2, 0.25) is 5.91 Å². The molecule has 2 atom stereocenters. The van der Waals surface area contributed by atoms with Gasteiger partial charge in [-0.15, -0.1) is 11.8 Å². The molecule has 3 rings (SSSR count). The molecule has 110 valence electrons. The molecule has 2 fully saturated rings. The van der Waals surface area contributed by atoms with Crippen molar-refractivity contribution in [3.63, 3.8) is 0 Å². The molecule has 2 aliphatic heterocycles. The van der Waals surface area contributed by atoms with Gasteiger partial charge in [-0.2, -0.15) is 0 Å². The second-order valence-electron chi connectivity index (χ2n) is 4.90. The summed E-state index contributed by atoms with van der Waals surface area (Å²) >= 11 is 1.48. The number of carbonyl (C=O) groups is 2. The van der Waals surface area contributed by atoms with E-state index in [9.17, 15) is 9.59 Å². The predicted octanol–water partition coefficient (Wildman–Crippen LogP) is 1.93. The molecule has 1 amide bonds. The third-order valence-electron chi connectivity index (χ3n) is 3.58. The lowest BCUT2D eigenvalue weighted by Crippen LogP contribution is -2.54. The molecule has 0 radical (unpaired) electrons. The summed E-state index contributed by atoms with van der Waals surface area (Å²) in [4.78, 5) is 26.0. The molecule has 2 heterocycles. The Bertz CT molecular complexity index is 598. The quantitative estimate of drug-likeness (QED) is 0.628. The van der Waals surface area contributed by atoms with Gasteiger partial charge in [0.25, 0.3) is 0 Å². The van der Waals surface area contributed by atoms with Gasteiger partial charge >= 0.3 is 5.97 Å². The van der Waals surface area contributed by atoms with Crippen LogP contribution in [0.5, 0.6) is 5.75 Å². The normalized spacial score (nSPS) is 23.6. The molecule has 1 aromatic rings. The number of hydrogen-bond acceptors (Lipinski definition) is 5. The molecule has 0 bridgehead atoms. The molecular weight excluding hydrogens is 290 g/mol. The number of rotatable bonds is 4. The van der Waals surface area contributed by atoms with E-state index < -0.39 is 12.0 Å². The van der Waals surface area contributed by atoms with Crippen LogP contribution in [-0.4, -0.2) is 35.3 Å². The van der Waals surface area contributed by atoms with Crippen molar-refractivity contribution in [2.45, 2.75) is 24.4 Å². The van der Waals surface area contributed by atoms with Crippen LogP contribution in [0, 0.1) is 0 Å². The van der Waals surface area contributed by atoms with Crippen LogP contribution in [0.15, 0.2) is 35.7 Å². The number of thioether (sulfide) groups is 1. The first-order valence-electron chi connectivity index (χ1n) is 6.56. The van der Waals surface area contributed by atoms with Crippen molar-refractivity contribution >= 4 is 23.6 Å². The first-order valence-corrected chi connectivity index (χ1v) is 7.44. The molecule has 0 spiro atoms. The second-order valence-corrected chi connectivity index (χ2v) is 6.21. The summed E-state index contributed by atoms with van der Waals surface area (Å²) in [7, 11) is 1.60. The monoisotopic (exact) mass is 305 g/mol. The minimum atomic E-state index is -0.639. The zero-order valence-electron chi connectivity index (χ0n) is 11.6. The number of ether oxygens (including phenoxy) is 2. The highest BCUT2D eigenvalue weighted by Gasteiger charge is 2.52. The molecule has 2 aliphatic rings. The van der Waals surface area contributed by atoms with Crippen LogP contribution in [-0.2, 0) is 20.9 Å². The van der Waals surface area contributed by atoms with E-state index in [0.717, 1.165) is 11.3 Å². The van der Waals surface area contributed by atoms with Gasteiger partial charge in [-0.25, -0.2) is 4.79 Å². The summed E-state index contributed by atoms with van der Waals surface area (Å²) in [5.74, 6) is 0.316. The number of fused-ring (bicyclic) bond motifs is 1. The molecule has 0 aliphatic carbocycles. The third kappa shape index (κ3) is 2.51. The molecular formula is C15H15NO4S. The summed E-state index contributed by atoms with van der Waals surface area (Å²) < 4.78 is 10.4. The highest BCUT2D eigenvalue weighted by atomic mass is 32.2. The van der Waals surface area contributed by atoms with Crippen molar-refractivity contribution in [2.24, 2.45) is 0 Å². The van der Waals surface area contributed by atoms with Crippen molar-refractivity contribution in [3.05, 3.63) is 41.3 Å². The SMILES string of the molecule is C=C1S[C@@H]2CC(=O)N2[C@H]1C(=O)OCc1ccc(OC)cc1. The summed E-state index contributed by atoms with van der Waals surface area (Å²) in [6.45, 7) is 4.03.